The highest BCUT2D eigenvalue weighted by molar-refractivity contribution is 6.31. The van der Waals surface area contributed by atoms with Crippen LogP contribution in [0.2, 0.25) is 5.02 Å². The van der Waals surface area contributed by atoms with Gasteiger partial charge in [-0.15, -0.1) is 0 Å². The molecule has 3 N–H and O–H groups in total. The zero-order valence-corrected chi connectivity index (χ0v) is 12.4. The molecule has 2 aromatic carbocycles. The molecule has 0 amide bonds. The van der Waals surface area contributed by atoms with E-state index in [1.807, 2.05) is 6.07 Å². The molecule has 1 aliphatic carbocycles. The Morgan fingerprint density at radius 2 is 2.05 bits per heavy atom. The molecule has 0 aliphatic heterocycles. The lowest BCUT2D eigenvalue weighted by atomic mass is 9.89. The second kappa shape index (κ2) is 5.78. The lowest BCUT2D eigenvalue weighted by Crippen LogP contribution is -2.18. The summed E-state index contributed by atoms with van der Waals surface area (Å²) in [4.78, 5) is 0. The van der Waals surface area contributed by atoms with Gasteiger partial charge in [-0.25, -0.2) is 0 Å². The van der Waals surface area contributed by atoms with Crippen molar-refractivity contribution in [3.63, 3.8) is 0 Å². The molecule has 4 heteroatoms. The minimum Gasteiger partial charge on any atom is -0.485 e. The fourth-order valence-electron chi connectivity index (χ4n) is 2.80. The average Bonchev–Trinajstić information content (AvgIpc) is 2.49. The maximum absolute atomic E-state index is 7.67. The Labute approximate surface area is 129 Å². The third-order valence-corrected chi connectivity index (χ3v) is 4.05. The van der Waals surface area contributed by atoms with Crippen molar-refractivity contribution in [1.29, 1.82) is 5.41 Å². The molecule has 0 radical (unpaired) electrons. The molecule has 3 rings (SSSR count). The van der Waals surface area contributed by atoms with Crippen LogP contribution in [-0.4, -0.2) is 5.84 Å². The van der Waals surface area contributed by atoms with Crippen LogP contribution < -0.4 is 10.5 Å². The van der Waals surface area contributed by atoms with Crippen LogP contribution in [-0.2, 0) is 6.42 Å². The summed E-state index contributed by atoms with van der Waals surface area (Å²) in [5, 5.41) is 8.23. The summed E-state index contributed by atoms with van der Waals surface area (Å²) < 4.78 is 6.15. The first-order valence-corrected chi connectivity index (χ1v) is 7.41. The number of nitrogen functional groups attached to an aromatic ring is 1. The molecular formula is C17H17ClN2O. The van der Waals surface area contributed by atoms with Crippen molar-refractivity contribution in [3.05, 3.63) is 64.2 Å². The van der Waals surface area contributed by atoms with Crippen LogP contribution in [0, 0.1) is 5.41 Å². The van der Waals surface area contributed by atoms with Gasteiger partial charge in [0.15, 0.2) is 0 Å². The summed E-state index contributed by atoms with van der Waals surface area (Å²) in [6.45, 7) is 0. The molecule has 1 atom stereocenters. The van der Waals surface area contributed by atoms with Crippen LogP contribution in [0.1, 0.15) is 35.6 Å². The van der Waals surface area contributed by atoms with E-state index in [-0.39, 0.29) is 11.9 Å². The van der Waals surface area contributed by atoms with Gasteiger partial charge in [0.05, 0.1) is 5.56 Å². The van der Waals surface area contributed by atoms with Gasteiger partial charge in [0.25, 0.3) is 0 Å². The van der Waals surface area contributed by atoms with Gasteiger partial charge in [0.1, 0.15) is 17.7 Å². The van der Waals surface area contributed by atoms with Crippen LogP contribution in [0.4, 0.5) is 0 Å². The van der Waals surface area contributed by atoms with Crippen molar-refractivity contribution < 1.29 is 4.74 Å². The highest BCUT2D eigenvalue weighted by atomic mass is 35.5. The van der Waals surface area contributed by atoms with Crippen LogP contribution in [0.5, 0.6) is 5.75 Å². The standard InChI is InChI=1S/C17H17ClN2O/c18-12-8-9-16(14(10-12)17(19)20)21-15-7-3-5-11-4-1-2-6-13(11)15/h1-2,4,6,8-10,15H,3,5,7H2,(H3,19,20). The van der Waals surface area contributed by atoms with Gasteiger partial charge >= 0.3 is 0 Å². The predicted octanol–water partition coefficient (Wildman–Crippen LogP) is 4.08. The monoisotopic (exact) mass is 300 g/mol. The van der Waals surface area contributed by atoms with E-state index in [2.05, 4.69) is 18.2 Å². The van der Waals surface area contributed by atoms with E-state index in [0.717, 1.165) is 19.3 Å². The van der Waals surface area contributed by atoms with Crippen molar-refractivity contribution in [2.75, 3.05) is 0 Å². The van der Waals surface area contributed by atoms with Gasteiger partial charge in [-0.05, 0) is 48.6 Å². The van der Waals surface area contributed by atoms with E-state index in [9.17, 15) is 0 Å². The number of ether oxygens (including phenoxy) is 1. The van der Waals surface area contributed by atoms with Crippen LogP contribution in [0.25, 0.3) is 0 Å². The number of aryl methyl sites for hydroxylation is 1. The first-order valence-electron chi connectivity index (χ1n) is 7.03. The molecule has 0 heterocycles. The molecule has 1 unspecified atom stereocenters. The Kier molecular flexibility index (Phi) is 3.84. The molecule has 3 nitrogen and oxygen atoms in total. The van der Waals surface area contributed by atoms with E-state index in [4.69, 9.17) is 27.5 Å². The summed E-state index contributed by atoms with van der Waals surface area (Å²) in [5.74, 6) is 0.588. The van der Waals surface area contributed by atoms with Crippen LogP contribution >= 0.6 is 11.6 Å². The number of benzene rings is 2. The number of nitrogens with one attached hydrogen (secondary N) is 1. The highest BCUT2D eigenvalue weighted by Gasteiger charge is 2.22. The fourth-order valence-corrected chi connectivity index (χ4v) is 2.97. The van der Waals surface area contributed by atoms with E-state index in [1.165, 1.54) is 11.1 Å². The minimum absolute atomic E-state index is 0.00854. The zero-order valence-electron chi connectivity index (χ0n) is 11.6. The molecule has 108 valence electrons. The Morgan fingerprint density at radius 3 is 2.86 bits per heavy atom. The van der Waals surface area contributed by atoms with Gasteiger partial charge in [-0.3, -0.25) is 5.41 Å². The number of nitrogens with two attached hydrogens (primary N) is 1. The number of amidine groups is 1. The Balaban J connectivity index is 1.93. The summed E-state index contributed by atoms with van der Waals surface area (Å²) in [5.41, 5.74) is 8.74. The molecule has 0 bridgehead atoms. The van der Waals surface area contributed by atoms with Gasteiger partial charge in [0.2, 0.25) is 0 Å². The predicted molar refractivity (Wildman–Crippen MR) is 85.2 cm³/mol. The summed E-state index contributed by atoms with van der Waals surface area (Å²) in [7, 11) is 0. The quantitative estimate of drug-likeness (QED) is 0.663. The molecule has 0 spiro atoms. The SMILES string of the molecule is N=C(N)c1cc(Cl)ccc1OC1CCCc2ccccc21. The lowest BCUT2D eigenvalue weighted by molar-refractivity contribution is 0.183. The summed E-state index contributed by atoms with van der Waals surface area (Å²) in [6.07, 6.45) is 3.17. The highest BCUT2D eigenvalue weighted by Crippen LogP contribution is 2.35. The van der Waals surface area contributed by atoms with Gasteiger partial charge < -0.3 is 10.5 Å². The van der Waals surface area contributed by atoms with Crippen molar-refractivity contribution in [2.24, 2.45) is 5.73 Å². The average molecular weight is 301 g/mol. The second-order valence-electron chi connectivity index (χ2n) is 5.25. The molecule has 0 saturated carbocycles. The van der Waals surface area contributed by atoms with Crippen molar-refractivity contribution in [3.8, 4) is 5.75 Å². The number of hydrogen-bond acceptors (Lipinski definition) is 2. The first-order chi connectivity index (χ1) is 10.1. The minimum atomic E-state index is -0.0309. The largest absolute Gasteiger partial charge is 0.485 e. The third-order valence-electron chi connectivity index (χ3n) is 3.82. The maximum Gasteiger partial charge on any atom is 0.131 e. The van der Waals surface area contributed by atoms with Crippen molar-refractivity contribution in [1.82, 2.24) is 0 Å². The number of rotatable bonds is 3. The molecule has 21 heavy (non-hydrogen) atoms. The summed E-state index contributed by atoms with van der Waals surface area (Å²) in [6, 6.07) is 13.6. The molecule has 0 aromatic heterocycles. The first kappa shape index (κ1) is 14.0. The molecular weight excluding hydrogens is 284 g/mol. The molecule has 1 aliphatic rings. The van der Waals surface area contributed by atoms with E-state index in [0.29, 0.717) is 16.3 Å². The normalized spacial score (nSPS) is 17.1. The number of hydrogen-bond donors (Lipinski definition) is 2. The molecule has 0 fully saturated rings. The summed E-state index contributed by atoms with van der Waals surface area (Å²) >= 11 is 5.98. The van der Waals surface area contributed by atoms with Crippen LogP contribution in [0.3, 0.4) is 0 Å². The smallest absolute Gasteiger partial charge is 0.131 e. The number of fused-ring (bicyclic) bond motifs is 1. The molecule has 2 aromatic rings. The van der Waals surface area contributed by atoms with E-state index < -0.39 is 0 Å². The van der Waals surface area contributed by atoms with Gasteiger partial charge in [0, 0.05) is 5.02 Å². The lowest BCUT2D eigenvalue weighted by Gasteiger charge is -2.27. The van der Waals surface area contributed by atoms with Gasteiger partial charge in [-0.1, -0.05) is 35.9 Å². The van der Waals surface area contributed by atoms with Crippen molar-refractivity contribution in [2.45, 2.75) is 25.4 Å². The Hall–Kier alpha value is -2.00. The van der Waals surface area contributed by atoms with Gasteiger partial charge in [-0.2, -0.15) is 0 Å². The molecule has 0 saturated heterocycles. The van der Waals surface area contributed by atoms with E-state index in [1.54, 1.807) is 18.2 Å². The third kappa shape index (κ3) is 2.88. The van der Waals surface area contributed by atoms with E-state index >= 15 is 0 Å². The van der Waals surface area contributed by atoms with Crippen LogP contribution in [0.15, 0.2) is 42.5 Å². The second-order valence-corrected chi connectivity index (χ2v) is 5.69. The fraction of sp³-hybridized carbons (Fsp3) is 0.235. The Morgan fingerprint density at radius 1 is 1.24 bits per heavy atom. The number of halogens is 1. The topological polar surface area (TPSA) is 59.1 Å². The maximum atomic E-state index is 7.67. The van der Waals surface area contributed by atoms with Crippen molar-refractivity contribution >= 4 is 17.4 Å². The zero-order chi connectivity index (χ0) is 14.8. The Bertz CT molecular complexity index is 684.